The minimum absolute atomic E-state index is 0.0317. The normalized spacial score (nSPS) is 24.6. The van der Waals surface area contributed by atoms with Crippen LogP contribution in [0.2, 0.25) is 0 Å². The highest BCUT2D eigenvalue weighted by molar-refractivity contribution is 5.87. The van der Waals surface area contributed by atoms with Gasteiger partial charge in [0, 0.05) is 23.8 Å². The molecule has 0 amide bonds. The molecule has 5 nitrogen and oxygen atoms in total. The first-order valence-corrected chi connectivity index (χ1v) is 8.56. The predicted octanol–water partition coefficient (Wildman–Crippen LogP) is 4.03. The molecular formula is C20H21NO4. The number of carboxylic acid groups (broad SMARTS) is 1. The van der Waals surface area contributed by atoms with E-state index in [9.17, 15) is 4.79 Å². The molecule has 25 heavy (non-hydrogen) atoms. The molecule has 0 saturated carbocycles. The Hall–Kier alpha value is -2.53. The zero-order valence-corrected chi connectivity index (χ0v) is 14.1. The smallest absolute Gasteiger partial charge is 0.335 e. The molecule has 4 rings (SSSR count). The molecule has 2 aromatic carbocycles. The Morgan fingerprint density at radius 3 is 2.76 bits per heavy atom. The second-order valence-corrected chi connectivity index (χ2v) is 6.60. The van der Waals surface area contributed by atoms with Gasteiger partial charge in [-0.25, -0.2) is 4.79 Å². The van der Waals surface area contributed by atoms with Crippen LogP contribution in [-0.4, -0.2) is 24.8 Å². The summed E-state index contributed by atoms with van der Waals surface area (Å²) >= 11 is 0. The van der Waals surface area contributed by atoms with Crippen LogP contribution >= 0.6 is 0 Å². The number of fused-ring (bicyclic) bond motifs is 3. The molecule has 2 N–H and O–H groups in total. The van der Waals surface area contributed by atoms with Crippen LogP contribution < -0.4 is 10.1 Å². The maximum atomic E-state index is 11.1. The Labute approximate surface area is 146 Å². The van der Waals surface area contributed by atoms with E-state index in [1.54, 1.807) is 19.2 Å². The topological polar surface area (TPSA) is 67.8 Å². The summed E-state index contributed by atoms with van der Waals surface area (Å²) in [5, 5.41) is 12.7. The van der Waals surface area contributed by atoms with Gasteiger partial charge in [0.05, 0.1) is 24.8 Å². The fourth-order valence-corrected chi connectivity index (χ4v) is 3.94. The lowest BCUT2D eigenvalue weighted by Gasteiger charge is -2.43. The molecule has 0 bridgehead atoms. The molecular weight excluding hydrogens is 318 g/mol. The molecule has 2 heterocycles. The van der Waals surface area contributed by atoms with Crippen LogP contribution in [0.5, 0.6) is 5.75 Å². The summed E-state index contributed by atoms with van der Waals surface area (Å²) in [7, 11) is 1.67. The zero-order valence-electron chi connectivity index (χ0n) is 14.1. The lowest BCUT2D eigenvalue weighted by molar-refractivity contribution is -0.0382. The molecule has 2 aliphatic rings. The van der Waals surface area contributed by atoms with Crippen LogP contribution in [0.3, 0.4) is 0 Å². The number of anilines is 1. The average Bonchev–Trinajstić information content (AvgIpc) is 2.67. The molecule has 3 atom stereocenters. The van der Waals surface area contributed by atoms with Crippen LogP contribution in [0.15, 0.2) is 42.5 Å². The minimum atomic E-state index is -0.903. The van der Waals surface area contributed by atoms with Crippen molar-refractivity contribution in [3.63, 3.8) is 0 Å². The van der Waals surface area contributed by atoms with E-state index in [0.717, 1.165) is 42.0 Å². The summed E-state index contributed by atoms with van der Waals surface area (Å²) in [4.78, 5) is 11.1. The summed E-state index contributed by atoms with van der Waals surface area (Å²) in [5.41, 5.74) is 3.59. The van der Waals surface area contributed by atoms with Crippen molar-refractivity contribution in [2.24, 2.45) is 5.92 Å². The molecule has 2 aromatic rings. The van der Waals surface area contributed by atoms with Crippen molar-refractivity contribution in [1.82, 2.24) is 0 Å². The van der Waals surface area contributed by atoms with Crippen LogP contribution in [0, 0.1) is 5.92 Å². The van der Waals surface area contributed by atoms with Crippen molar-refractivity contribution in [3.8, 4) is 5.75 Å². The number of benzene rings is 2. The van der Waals surface area contributed by atoms with Gasteiger partial charge in [-0.2, -0.15) is 0 Å². The van der Waals surface area contributed by atoms with Gasteiger partial charge in [-0.05, 0) is 48.7 Å². The van der Waals surface area contributed by atoms with Gasteiger partial charge in [-0.3, -0.25) is 0 Å². The Bertz CT molecular complexity index is 787. The van der Waals surface area contributed by atoms with Crippen molar-refractivity contribution in [3.05, 3.63) is 59.2 Å². The Morgan fingerprint density at radius 1 is 1.24 bits per heavy atom. The van der Waals surface area contributed by atoms with Gasteiger partial charge in [0.15, 0.2) is 0 Å². The molecule has 0 radical (unpaired) electrons. The highest BCUT2D eigenvalue weighted by Crippen LogP contribution is 2.49. The number of nitrogens with one attached hydrogen (secondary N) is 1. The van der Waals surface area contributed by atoms with Crippen molar-refractivity contribution in [1.29, 1.82) is 0 Å². The summed E-state index contributed by atoms with van der Waals surface area (Å²) in [5.74, 6) is 0.237. The Balaban J connectivity index is 1.72. The van der Waals surface area contributed by atoms with Crippen LogP contribution in [0.25, 0.3) is 0 Å². The molecule has 1 fully saturated rings. The number of rotatable bonds is 3. The molecule has 130 valence electrons. The fourth-order valence-electron chi connectivity index (χ4n) is 3.94. The van der Waals surface area contributed by atoms with Crippen LogP contribution in [0.1, 0.15) is 46.5 Å². The summed E-state index contributed by atoms with van der Waals surface area (Å²) in [6, 6.07) is 13.3. The lowest BCUT2D eigenvalue weighted by Crippen LogP contribution is -2.36. The molecule has 0 aliphatic carbocycles. The predicted molar refractivity (Wildman–Crippen MR) is 94.2 cm³/mol. The van der Waals surface area contributed by atoms with E-state index in [1.807, 2.05) is 24.3 Å². The van der Waals surface area contributed by atoms with Gasteiger partial charge < -0.3 is 19.9 Å². The third kappa shape index (κ3) is 2.85. The molecule has 0 aromatic heterocycles. The number of hydrogen-bond acceptors (Lipinski definition) is 4. The first kappa shape index (κ1) is 16.0. The largest absolute Gasteiger partial charge is 0.497 e. The average molecular weight is 339 g/mol. The van der Waals surface area contributed by atoms with Gasteiger partial charge in [0.2, 0.25) is 0 Å². The standard InChI is InChI=1S/C20H21NO4/c1-24-14-8-9-17-16(11-14)19-15(3-2-10-25-19)18(21-17)12-4-6-13(7-5-12)20(22)23/h4-9,11,15,18-19,21H,2-3,10H2,1H3,(H,22,23). The van der Waals surface area contributed by atoms with E-state index in [2.05, 4.69) is 11.4 Å². The zero-order chi connectivity index (χ0) is 17.4. The Morgan fingerprint density at radius 2 is 2.04 bits per heavy atom. The monoisotopic (exact) mass is 339 g/mol. The van der Waals surface area contributed by atoms with E-state index < -0.39 is 5.97 Å². The summed E-state index contributed by atoms with van der Waals surface area (Å²) in [6.45, 7) is 0.766. The number of ether oxygens (including phenoxy) is 2. The third-order valence-corrected chi connectivity index (χ3v) is 5.19. The number of carboxylic acids is 1. The maximum Gasteiger partial charge on any atom is 0.335 e. The summed E-state index contributed by atoms with van der Waals surface area (Å²) < 4.78 is 11.5. The lowest BCUT2D eigenvalue weighted by atomic mass is 9.77. The molecule has 1 saturated heterocycles. The fraction of sp³-hybridized carbons (Fsp3) is 0.350. The maximum absolute atomic E-state index is 11.1. The minimum Gasteiger partial charge on any atom is -0.497 e. The molecule has 2 aliphatic heterocycles. The third-order valence-electron chi connectivity index (χ3n) is 5.19. The van der Waals surface area contributed by atoms with E-state index in [-0.39, 0.29) is 12.1 Å². The summed E-state index contributed by atoms with van der Waals surface area (Å²) in [6.07, 6.45) is 2.13. The van der Waals surface area contributed by atoms with E-state index in [4.69, 9.17) is 14.6 Å². The van der Waals surface area contributed by atoms with Crippen molar-refractivity contribution < 1.29 is 19.4 Å². The van der Waals surface area contributed by atoms with E-state index >= 15 is 0 Å². The van der Waals surface area contributed by atoms with Crippen molar-refractivity contribution in [2.75, 3.05) is 19.0 Å². The SMILES string of the molecule is COc1ccc2c(c1)C1OCCCC1C(c1ccc(C(=O)O)cc1)N2. The molecule has 3 unspecified atom stereocenters. The number of methoxy groups -OCH3 is 1. The quantitative estimate of drug-likeness (QED) is 0.884. The highest BCUT2D eigenvalue weighted by Gasteiger charge is 2.39. The molecule has 0 spiro atoms. The van der Waals surface area contributed by atoms with Gasteiger partial charge >= 0.3 is 5.97 Å². The van der Waals surface area contributed by atoms with Crippen LogP contribution in [-0.2, 0) is 4.74 Å². The van der Waals surface area contributed by atoms with Gasteiger partial charge in [-0.15, -0.1) is 0 Å². The second kappa shape index (κ2) is 6.41. The highest BCUT2D eigenvalue weighted by atomic mass is 16.5. The number of aromatic carboxylic acids is 1. The molecule has 5 heteroatoms. The van der Waals surface area contributed by atoms with Gasteiger partial charge in [0.1, 0.15) is 5.75 Å². The number of carbonyl (C=O) groups is 1. The first-order chi connectivity index (χ1) is 12.2. The van der Waals surface area contributed by atoms with E-state index in [1.165, 1.54) is 0 Å². The first-order valence-electron chi connectivity index (χ1n) is 8.56. The Kier molecular flexibility index (Phi) is 4.09. The van der Waals surface area contributed by atoms with E-state index in [0.29, 0.717) is 11.5 Å². The van der Waals surface area contributed by atoms with Crippen molar-refractivity contribution >= 4 is 11.7 Å². The number of hydrogen-bond donors (Lipinski definition) is 2. The van der Waals surface area contributed by atoms with Gasteiger partial charge in [0.25, 0.3) is 0 Å². The second-order valence-electron chi connectivity index (χ2n) is 6.60. The van der Waals surface area contributed by atoms with Gasteiger partial charge in [-0.1, -0.05) is 12.1 Å². The van der Waals surface area contributed by atoms with Crippen molar-refractivity contribution in [2.45, 2.75) is 25.0 Å². The van der Waals surface area contributed by atoms with Crippen LogP contribution in [0.4, 0.5) is 5.69 Å².